The van der Waals surface area contributed by atoms with Gasteiger partial charge in [0.25, 0.3) is 0 Å². The fraction of sp³-hybridized carbons (Fsp3) is 0.320. The van der Waals surface area contributed by atoms with Gasteiger partial charge in [-0.25, -0.2) is 19.7 Å². The summed E-state index contributed by atoms with van der Waals surface area (Å²) in [5.41, 5.74) is 4.44. The molecule has 174 valence electrons. The molecule has 1 N–H and O–H groups in total. The fourth-order valence-corrected chi connectivity index (χ4v) is 4.40. The van der Waals surface area contributed by atoms with Gasteiger partial charge >= 0.3 is 6.09 Å². The number of ether oxygens (including phenoxy) is 1. The van der Waals surface area contributed by atoms with Crippen LogP contribution in [0.15, 0.2) is 53.4 Å². The molecule has 0 bridgehead atoms. The van der Waals surface area contributed by atoms with E-state index in [0.29, 0.717) is 12.2 Å². The van der Waals surface area contributed by atoms with Gasteiger partial charge in [0, 0.05) is 22.8 Å². The first-order valence-corrected chi connectivity index (χ1v) is 12.0. The minimum Gasteiger partial charge on any atom is -0.444 e. The highest BCUT2D eigenvalue weighted by molar-refractivity contribution is 9.10. The lowest BCUT2D eigenvalue weighted by atomic mass is 10.1. The Kier molecular flexibility index (Phi) is 5.81. The second-order valence-corrected chi connectivity index (χ2v) is 10.3. The topological polar surface area (TPSA) is 96.9 Å². The summed E-state index contributed by atoms with van der Waals surface area (Å²) >= 11 is 3.41. The molecule has 9 heteroatoms. The minimum atomic E-state index is -0.525. The van der Waals surface area contributed by atoms with E-state index in [4.69, 9.17) is 4.74 Å². The number of rotatable bonds is 3. The Morgan fingerprint density at radius 3 is 2.62 bits per heavy atom. The summed E-state index contributed by atoms with van der Waals surface area (Å²) in [4.78, 5) is 35.8. The first kappa shape index (κ1) is 22.5. The third-order valence-corrected chi connectivity index (χ3v) is 6.08. The van der Waals surface area contributed by atoms with E-state index in [1.165, 1.54) is 0 Å². The highest BCUT2D eigenvalue weighted by Crippen LogP contribution is 2.33. The lowest BCUT2D eigenvalue weighted by Gasteiger charge is -2.27. The highest BCUT2D eigenvalue weighted by atomic mass is 79.9. The number of fused-ring (bicyclic) bond motifs is 1. The Bertz CT molecular complexity index is 1350. The molecule has 1 unspecified atom stereocenters. The van der Waals surface area contributed by atoms with Crippen molar-refractivity contribution >= 4 is 33.2 Å². The summed E-state index contributed by atoms with van der Waals surface area (Å²) in [7, 11) is 0. The zero-order chi connectivity index (χ0) is 23.9. The maximum Gasteiger partial charge on any atom is 0.410 e. The zero-order valence-electron chi connectivity index (χ0n) is 19.2. The van der Waals surface area contributed by atoms with Crippen LogP contribution in [0.3, 0.4) is 0 Å². The van der Waals surface area contributed by atoms with Gasteiger partial charge in [0.1, 0.15) is 16.9 Å². The Labute approximate surface area is 205 Å². The summed E-state index contributed by atoms with van der Waals surface area (Å²) in [5, 5.41) is 0. The molecule has 1 atom stereocenters. The maximum atomic E-state index is 12.6. The Morgan fingerprint density at radius 2 is 1.85 bits per heavy atom. The van der Waals surface area contributed by atoms with Gasteiger partial charge in [0.2, 0.25) is 0 Å². The summed E-state index contributed by atoms with van der Waals surface area (Å²) in [6.45, 7) is 6.31. The van der Waals surface area contributed by atoms with Gasteiger partial charge < -0.3 is 9.72 Å². The third-order valence-electron chi connectivity index (χ3n) is 5.65. The van der Waals surface area contributed by atoms with Crippen molar-refractivity contribution < 1.29 is 9.53 Å². The molecule has 4 aromatic rings. The van der Waals surface area contributed by atoms with Gasteiger partial charge in [0.15, 0.2) is 5.65 Å². The van der Waals surface area contributed by atoms with Crippen molar-refractivity contribution in [3.05, 3.63) is 59.2 Å². The standard InChI is InChI=1S/C25H25BrN6O2/c1-25(2,3)34-24(33)32-10-4-5-21(32)23-29-14-20(31-23)16-8-6-15(7-9-16)19-13-27-18-11-17(26)12-28-22(18)30-19/h6-9,11-14,21H,4-5,10H2,1-3H3,(H,29,31). The SMILES string of the molecule is CC(C)(C)OC(=O)N1CCCC1c1ncc(-c2ccc(-c3cnc4cc(Br)cnc4n3)cc2)[nH]1. The predicted octanol–water partition coefficient (Wildman–Crippen LogP) is 5.92. The molecular formula is C25H25BrN6O2. The number of pyridine rings is 1. The number of nitrogens with zero attached hydrogens (tertiary/aromatic N) is 5. The Hall–Kier alpha value is -3.33. The number of hydrogen-bond donors (Lipinski definition) is 1. The smallest absolute Gasteiger partial charge is 0.410 e. The van der Waals surface area contributed by atoms with Crippen LogP contribution in [0.1, 0.15) is 45.5 Å². The van der Waals surface area contributed by atoms with Gasteiger partial charge in [-0.1, -0.05) is 24.3 Å². The Balaban J connectivity index is 1.34. The van der Waals surface area contributed by atoms with Gasteiger partial charge in [0.05, 0.1) is 29.8 Å². The van der Waals surface area contributed by atoms with E-state index in [1.807, 2.05) is 57.3 Å². The van der Waals surface area contributed by atoms with Crippen LogP contribution in [0, 0.1) is 0 Å². The first-order valence-electron chi connectivity index (χ1n) is 11.2. The van der Waals surface area contributed by atoms with Crippen LogP contribution < -0.4 is 0 Å². The number of carbonyl (C=O) groups is 1. The van der Waals surface area contributed by atoms with Gasteiger partial charge in [-0.3, -0.25) is 9.88 Å². The summed E-state index contributed by atoms with van der Waals surface area (Å²) in [6.07, 6.45) is 6.77. The molecule has 4 heterocycles. The maximum absolute atomic E-state index is 12.6. The number of aromatic nitrogens is 5. The van der Waals surface area contributed by atoms with Gasteiger partial charge in [-0.15, -0.1) is 0 Å². The van der Waals surface area contributed by atoms with Crippen LogP contribution in [0.25, 0.3) is 33.7 Å². The van der Waals surface area contributed by atoms with Crippen molar-refractivity contribution in [1.29, 1.82) is 0 Å². The van der Waals surface area contributed by atoms with Crippen LogP contribution in [-0.4, -0.2) is 48.1 Å². The molecule has 1 aliphatic rings. The lowest BCUT2D eigenvalue weighted by Crippen LogP contribution is -2.36. The average molecular weight is 521 g/mol. The first-order chi connectivity index (χ1) is 16.3. The van der Waals surface area contributed by atoms with E-state index in [0.717, 1.165) is 51.2 Å². The minimum absolute atomic E-state index is 0.108. The van der Waals surface area contributed by atoms with E-state index in [-0.39, 0.29) is 12.1 Å². The second-order valence-electron chi connectivity index (χ2n) is 9.34. The van der Waals surface area contributed by atoms with Gasteiger partial charge in [-0.05, 0) is 61.2 Å². The number of hydrogen-bond acceptors (Lipinski definition) is 6. The number of carbonyl (C=O) groups excluding carboxylic acids is 1. The summed E-state index contributed by atoms with van der Waals surface area (Å²) < 4.78 is 6.45. The van der Waals surface area contributed by atoms with Crippen molar-refractivity contribution in [2.45, 2.75) is 45.3 Å². The second kappa shape index (κ2) is 8.79. The number of benzene rings is 1. The number of amides is 1. The van der Waals surface area contributed by atoms with Crippen molar-refractivity contribution in [3.8, 4) is 22.5 Å². The molecule has 3 aromatic heterocycles. The van der Waals surface area contributed by atoms with E-state index in [2.05, 4.69) is 40.8 Å². The number of nitrogens with one attached hydrogen (secondary N) is 1. The third kappa shape index (κ3) is 4.65. The van der Waals surface area contributed by atoms with E-state index in [1.54, 1.807) is 17.3 Å². The summed E-state index contributed by atoms with van der Waals surface area (Å²) in [6, 6.07) is 9.84. The van der Waals surface area contributed by atoms with Crippen LogP contribution >= 0.6 is 15.9 Å². The zero-order valence-corrected chi connectivity index (χ0v) is 20.8. The van der Waals surface area contributed by atoms with Crippen LogP contribution in [0.2, 0.25) is 0 Å². The van der Waals surface area contributed by atoms with Crippen LogP contribution in [0.4, 0.5) is 4.79 Å². The van der Waals surface area contributed by atoms with Crippen molar-refractivity contribution in [3.63, 3.8) is 0 Å². The molecule has 1 aliphatic heterocycles. The lowest BCUT2D eigenvalue weighted by molar-refractivity contribution is 0.0218. The molecule has 8 nitrogen and oxygen atoms in total. The monoisotopic (exact) mass is 520 g/mol. The van der Waals surface area contributed by atoms with E-state index in [9.17, 15) is 4.79 Å². The van der Waals surface area contributed by atoms with Crippen molar-refractivity contribution in [2.75, 3.05) is 6.54 Å². The summed E-state index contributed by atoms with van der Waals surface area (Å²) in [5.74, 6) is 0.778. The van der Waals surface area contributed by atoms with Gasteiger partial charge in [-0.2, -0.15) is 0 Å². The van der Waals surface area contributed by atoms with Crippen molar-refractivity contribution in [2.24, 2.45) is 0 Å². The Morgan fingerprint density at radius 1 is 1.09 bits per heavy atom. The number of likely N-dealkylation sites (tertiary alicyclic amines) is 1. The molecule has 5 rings (SSSR count). The molecule has 0 aliphatic carbocycles. The molecule has 0 saturated carbocycles. The van der Waals surface area contributed by atoms with Crippen LogP contribution in [-0.2, 0) is 4.74 Å². The molecular weight excluding hydrogens is 496 g/mol. The molecule has 0 radical (unpaired) electrons. The van der Waals surface area contributed by atoms with E-state index < -0.39 is 5.60 Å². The molecule has 1 amide bonds. The average Bonchev–Trinajstić information content (AvgIpc) is 3.47. The number of halogens is 1. The van der Waals surface area contributed by atoms with E-state index >= 15 is 0 Å². The normalized spacial score (nSPS) is 16.2. The fourth-order valence-electron chi connectivity index (χ4n) is 4.08. The number of imidazole rings is 1. The molecule has 34 heavy (non-hydrogen) atoms. The van der Waals surface area contributed by atoms with Crippen molar-refractivity contribution in [1.82, 2.24) is 29.8 Å². The highest BCUT2D eigenvalue weighted by Gasteiger charge is 2.34. The number of aromatic amines is 1. The molecule has 1 fully saturated rings. The van der Waals surface area contributed by atoms with Crippen LogP contribution in [0.5, 0.6) is 0 Å². The number of H-pyrrole nitrogens is 1. The predicted molar refractivity (Wildman–Crippen MR) is 133 cm³/mol. The molecule has 0 spiro atoms. The molecule has 1 aromatic carbocycles. The largest absolute Gasteiger partial charge is 0.444 e. The quantitative estimate of drug-likeness (QED) is 0.360. The molecule has 1 saturated heterocycles.